The van der Waals surface area contributed by atoms with Crippen LogP contribution in [0.25, 0.3) is 33.3 Å². The van der Waals surface area contributed by atoms with E-state index in [1.807, 2.05) is 0 Å². The van der Waals surface area contributed by atoms with E-state index >= 15 is 0 Å². The number of hydrogen-bond acceptors (Lipinski definition) is 4. The fourth-order valence-corrected chi connectivity index (χ4v) is 4.68. The largest absolute Gasteiger partial charge is 0.416 e. The topological polar surface area (TPSA) is 118 Å². The zero-order valence-corrected chi connectivity index (χ0v) is 20.2. The lowest BCUT2D eigenvalue weighted by Gasteiger charge is -2.14. The van der Waals surface area contributed by atoms with Crippen molar-refractivity contribution in [3.8, 4) is 11.3 Å². The highest BCUT2D eigenvalue weighted by molar-refractivity contribution is 7.77. The molecule has 0 amide bonds. The first kappa shape index (κ1) is 24.9. The van der Waals surface area contributed by atoms with Crippen LogP contribution in [0, 0.1) is 0 Å². The third kappa shape index (κ3) is 4.80. The number of fused-ring (bicyclic) bond motifs is 2. The van der Waals surface area contributed by atoms with Crippen LogP contribution in [0.2, 0.25) is 0 Å². The van der Waals surface area contributed by atoms with Crippen molar-refractivity contribution in [2.24, 2.45) is 7.05 Å². The van der Waals surface area contributed by atoms with Gasteiger partial charge in [-0.05, 0) is 35.7 Å². The number of aromatic amines is 1. The van der Waals surface area contributed by atoms with Gasteiger partial charge in [-0.2, -0.15) is 13.2 Å². The number of aromatic nitrogens is 5. The second kappa shape index (κ2) is 9.57. The van der Waals surface area contributed by atoms with Crippen LogP contribution in [0.5, 0.6) is 0 Å². The van der Waals surface area contributed by atoms with Gasteiger partial charge >= 0.3 is 6.18 Å². The number of rotatable bonds is 7. The molecule has 1 aromatic carbocycles. The molecular weight excluding hydrogens is 509 g/mol. The minimum atomic E-state index is -4.52. The second-order valence-electron chi connectivity index (χ2n) is 8.48. The summed E-state index contributed by atoms with van der Waals surface area (Å²) in [6, 6.07) is 8.86. The molecule has 4 heterocycles. The van der Waals surface area contributed by atoms with Crippen molar-refractivity contribution in [1.82, 2.24) is 28.8 Å². The van der Waals surface area contributed by atoms with E-state index in [2.05, 4.69) is 14.7 Å². The summed E-state index contributed by atoms with van der Waals surface area (Å²) in [5.41, 5.74) is 2.13. The van der Waals surface area contributed by atoms with Crippen LogP contribution in [-0.4, -0.2) is 39.4 Å². The molecule has 0 saturated carbocycles. The fourth-order valence-electron chi connectivity index (χ4n) is 4.41. The Morgan fingerprint density at radius 2 is 1.97 bits per heavy atom. The van der Waals surface area contributed by atoms with Gasteiger partial charge in [-0.25, -0.2) is 18.9 Å². The Kier molecular flexibility index (Phi) is 6.43. The number of hydrogen-bond donors (Lipinski definition) is 3. The van der Waals surface area contributed by atoms with E-state index in [0.717, 1.165) is 6.07 Å². The van der Waals surface area contributed by atoms with E-state index in [1.165, 1.54) is 23.0 Å². The zero-order chi connectivity index (χ0) is 26.3. The standard InChI is InChI=1S/C24H21F3N6O3S/c1-32-12-17(16-7-8-28-21(16)23(32)34)19-10-14(6-9-30-37(35)36)20-22(31-19)33(13-29-20)11-15-4-2-3-5-18(15)24(25,26)27/h2-5,7-8,10,12-13,28,30H,6,9,11H2,1H3,(H,35,36). The van der Waals surface area contributed by atoms with Gasteiger partial charge in [-0.15, -0.1) is 0 Å². The Morgan fingerprint density at radius 3 is 2.73 bits per heavy atom. The van der Waals surface area contributed by atoms with Crippen LogP contribution in [0.4, 0.5) is 13.2 Å². The predicted octanol–water partition coefficient (Wildman–Crippen LogP) is 3.61. The summed E-state index contributed by atoms with van der Waals surface area (Å²) in [6.07, 6.45) is 0.515. The van der Waals surface area contributed by atoms with Crippen molar-refractivity contribution >= 4 is 33.3 Å². The molecule has 5 aromatic rings. The summed E-state index contributed by atoms with van der Waals surface area (Å²) in [7, 11) is 1.62. The quantitative estimate of drug-likeness (QED) is 0.278. The van der Waals surface area contributed by atoms with Crippen molar-refractivity contribution in [3.05, 3.63) is 82.2 Å². The van der Waals surface area contributed by atoms with Gasteiger partial charge < -0.3 is 14.1 Å². The molecular formula is C24H21F3N6O3S. The van der Waals surface area contributed by atoms with E-state index in [0.29, 0.717) is 45.3 Å². The van der Waals surface area contributed by atoms with Gasteiger partial charge in [0.05, 0.1) is 24.1 Å². The monoisotopic (exact) mass is 530 g/mol. The van der Waals surface area contributed by atoms with Crippen LogP contribution >= 0.6 is 0 Å². The smallest absolute Gasteiger partial charge is 0.357 e. The molecule has 0 aliphatic heterocycles. The maximum atomic E-state index is 13.6. The molecule has 13 heteroatoms. The lowest BCUT2D eigenvalue weighted by atomic mass is 10.0. The summed E-state index contributed by atoms with van der Waals surface area (Å²) in [4.78, 5) is 24.6. The van der Waals surface area contributed by atoms with Gasteiger partial charge in [0.25, 0.3) is 5.56 Å². The lowest BCUT2D eigenvalue weighted by Crippen LogP contribution is -2.19. The third-order valence-corrected chi connectivity index (χ3v) is 6.56. The predicted molar refractivity (Wildman–Crippen MR) is 133 cm³/mol. The molecule has 0 saturated heterocycles. The number of nitrogens with one attached hydrogen (secondary N) is 2. The van der Waals surface area contributed by atoms with E-state index in [4.69, 9.17) is 9.54 Å². The highest BCUT2D eigenvalue weighted by Gasteiger charge is 2.33. The van der Waals surface area contributed by atoms with Crippen LogP contribution in [0.1, 0.15) is 16.7 Å². The molecule has 5 rings (SSSR count). The average Bonchev–Trinajstić information content (AvgIpc) is 3.49. The van der Waals surface area contributed by atoms with Gasteiger partial charge in [-0.3, -0.25) is 9.35 Å². The number of aryl methyl sites for hydroxylation is 1. The summed E-state index contributed by atoms with van der Waals surface area (Å²) < 4.78 is 66.4. The van der Waals surface area contributed by atoms with E-state index in [1.54, 1.807) is 42.2 Å². The highest BCUT2D eigenvalue weighted by atomic mass is 32.2. The van der Waals surface area contributed by atoms with Gasteiger partial charge in [0.1, 0.15) is 11.0 Å². The number of halogens is 3. The molecule has 1 atom stereocenters. The first-order valence-electron chi connectivity index (χ1n) is 11.1. The Morgan fingerprint density at radius 1 is 1.19 bits per heavy atom. The number of imidazole rings is 1. The summed E-state index contributed by atoms with van der Waals surface area (Å²) >= 11 is -2.21. The van der Waals surface area contributed by atoms with Gasteiger partial charge in [0.2, 0.25) is 11.3 Å². The molecule has 3 N–H and O–H groups in total. The first-order valence-corrected chi connectivity index (χ1v) is 12.3. The third-order valence-electron chi connectivity index (χ3n) is 6.10. The normalized spacial score (nSPS) is 13.0. The molecule has 9 nitrogen and oxygen atoms in total. The van der Waals surface area contributed by atoms with E-state index in [-0.39, 0.29) is 24.2 Å². The summed E-state index contributed by atoms with van der Waals surface area (Å²) in [5, 5.41) is 0.643. The molecule has 4 aromatic heterocycles. The van der Waals surface area contributed by atoms with Gasteiger partial charge in [-0.1, -0.05) is 18.2 Å². The maximum Gasteiger partial charge on any atom is 0.416 e. The van der Waals surface area contributed by atoms with Crippen molar-refractivity contribution in [2.45, 2.75) is 19.1 Å². The Hall–Kier alpha value is -3.81. The molecule has 192 valence electrons. The van der Waals surface area contributed by atoms with Crippen molar-refractivity contribution in [3.63, 3.8) is 0 Å². The molecule has 0 bridgehead atoms. The number of H-pyrrole nitrogens is 1. The number of alkyl halides is 3. The van der Waals surface area contributed by atoms with E-state index < -0.39 is 23.0 Å². The van der Waals surface area contributed by atoms with Gasteiger partial charge in [0.15, 0.2) is 5.65 Å². The fraction of sp³-hybridized carbons (Fsp3) is 0.208. The zero-order valence-electron chi connectivity index (χ0n) is 19.4. The highest BCUT2D eigenvalue weighted by Crippen LogP contribution is 2.33. The molecule has 0 spiro atoms. The van der Waals surface area contributed by atoms with Crippen molar-refractivity contribution < 1.29 is 21.9 Å². The Labute approximate surface area is 210 Å². The minimum absolute atomic E-state index is 0.0653. The molecule has 0 fully saturated rings. The van der Waals surface area contributed by atoms with Crippen LogP contribution in [0.3, 0.4) is 0 Å². The summed E-state index contributed by atoms with van der Waals surface area (Å²) in [5.74, 6) is 0. The molecule has 37 heavy (non-hydrogen) atoms. The molecule has 0 aliphatic carbocycles. The SMILES string of the molecule is Cn1cc(-c2cc(CCNS(=O)O)c3ncn(Cc4ccccc4C(F)(F)F)c3n2)c2cc[nH]c2c1=O. The van der Waals surface area contributed by atoms with Crippen molar-refractivity contribution in [2.75, 3.05) is 6.54 Å². The van der Waals surface area contributed by atoms with Crippen LogP contribution < -0.4 is 10.3 Å². The van der Waals surface area contributed by atoms with Crippen molar-refractivity contribution in [1.29, 1.82) is 0 Å². The first-order chi connectivity index (χ1) is 17.6. The average molecular weight is 531 g/mol. The maximum absolute atomic E-state index is 13.6. The molecule has 1 unspecified atom stereocenters. The summed E-state index contributed by atoms with van der Waals surface area (Å²) in [6.45, 7) is 0.0338. The van der Waals surface area contributed by atoms with Gasteiger partial charge in [0, 0.05) is 36.9 Å². The Balaban J connectivity index is 1.68. The molecule has 0 aliphatic rings. The van der Waals surface area contributed by atoms with Crippen LogP contribution in [-0.2, 0) is 37.5 Å². The number of pyridine rings is 2. The molecule has 0 radical (unpaired) electrons. The lowest BCUT2D eigenvalue weighted by molar-refractivity contribution is -0.138. The second-order valence-corrected chi connectivity index (χ2v) is 9.27. The number of benzene rings is 1. The van der Waals surface area contributed by atoms with Crippen LogP contribution in [0.15, 0.2) is 59.9 Å². The Bertz CT molecular complexity index is 1710. The number of nitrogens with zero attached hydrogens (tertiary/aromatic N) is 4. The minimum Gasteiger partial charge on any atom is -0.357 e. The van der Waals surface area contributed by atoms with E-state index in [9.17, 15) is 22.2 Å².